The van der Waals surface area contributed by atoms with Crippen molar-refractivity contribution in [2.75, 3.05) is 6.73 Å². The Balaban J connectivity index is 4.64. The highest BCUT2D eigenvalue weighted by Gasteiger charge is 2.22. The zero-order valence-corrected chi connectivity index (χ0v) is 7.64. The summed E-state index contributed by atoms with van der Waals surface area (Å²) in [6.07, 6.45) is -1.40. The molecule has 0 saturated heterocycles. The molecule has 0 aliphatic heterocycles. The molecule has 0 saturated carbocycles. The van der Waals surface area contributed by atoms with Gasteiger partial charge in [-0.2, -0.15) is 0 Å². The average Bonchev–Trinajstić information content (AvgIpc) is 2.01. The Bertz CT molecular complexity index is 252. The molecule has 9 N–H and O–H groups in total. The Hall–Kier alpha value is -2.23. The molecule has 0 heterocycles. The summed E-state index contributed by atoms with van der Waals surface area (Å²) in [5.41, 5.74) is 14.4. The predicted octanol–water partition coefficient (Wildman–Crippen LogP) is -3.06. The maximum absolute atomic E-state index is 10.7. The third-order valence-corrected chi connectivity index (χ3v) is 1.31. The van der Waals surface area contributed by atoms with Gasteiger partial charge in [-0.3, -0.25) is 4.90 Å². The molecule has 0 aromatic carbocycles. The van der Waals surface area contributed by atoms with E-state index in [9.17, 15) is 14.4 Å². The molecule has 0 radical (unpaired) electrons. The molecule has 0 bridgehead atoms. The number of amides is 6. The lowest BCUT2D eigenvalue weighted by Gasteiger charge is -2.28. The van der Waals surface area contributed by atoms with Gasteiger partial charge in [-0.25, -0.2) is 14.4 Å². The van der Waals surface area contributed by atoms with Gasteiger partial charge < -0.3 is 32.9 Å². The smallest absolute Gasteiger partial charge is 0.319 e. The summed E-state index contributed by atoms with van der Waals surface area (Å²) in [7, 11) is 0. The van der Waals surface area contributed by atoms with Crippen molar-refractivity contribution in [1.29, 1.82) is 0 Å². The molecule has 0 spiro atoms. The largest absolute Gasteiger partial charge is 0.376 e. The molecule has 10 heteroatoms. The molecular weight excluding hydrogens is 208 g/mol. The van der Waals surface area contributed by atoms with Crippen LogP contribution in [0, 0.1) is 0 Å². The number of carbonyl (C=O) groups is 3. The maximum atomic E-state index is 10.7. The lowest BCUT2D eigenvalue weighted by atomic mass is 10.6. The van der Waals surface area contributed by atoms with E-state index in [1.165, 1.54) is 0 Å². The van der Waals surface area contributed by atoms with Gasteiger partial charge in [0.1, 0.15) is 6.73 Å². The average molecular weight is 220 g/mol. The number of hydrogen-bond donors (Lipinski definition) is 6. The number of nitrogens with one attached hydrogen (secondary N) is 2. The highest BCUT2D eigenvalue weighted by atomic mass is 16.3. The first kappa shape index (κ1) is 12.8. The van der Waals surface area contributed by atoms with Gasteiger partial charge in [-0.05, 0) is 0 Å². The first-order valence-electron chi connectivity index (χ1n) is 3.67. The van der Waals surface area contributed by atoms with E-state index in [1.54, 1.807) is 0 Å². The molecule has 10 nitrogen and oxygen atoms in total. The number of primary amides is 3. The van der Waals surface area contributed by atoms with Crippen molar-refractivity contribution in [2.45, 2.75) is 6.29 Å². The summed E-state index contributed by atoms with van der Waals surface area (Å²) in [4.78, 5) is 32.2. The number of aliphatic hydroxyl groups is 1. The Kier molecular flexibility index (Phi) is 4.67. The molecular formula is C5H12N6O4. The van der Waals surface area contributed by atoms with Crippen LogP contribution in [-0.4, -0.2) is 41.1 Å². The molecule has 0 unspecified atom stereocenters. The van der Waals surface area contributed by atoms with E-state index in [2.05, 4.69) is 0 Å². The fraction of sp³-hybridized carbons (Fsp3) is 0.400. The minimum Gasteiger partial charge on any atom is -0.376 e. The number of carbonyl (C=O) groups excluding carboxylic acids is 3. The SMILES string of the molecule is NC(=O)NC(NC(N)=O)N(CO)C(N)=O. The number of aliphatic hydroxyl groups excluding tert-OH is 1. The molecule has 0 rings (SSSR count). The van der Waals surface area contributed by atoms with Crippen LogP contribution in [0.15, 0.2) is 0 Å². The summed E-state index contributed by atoms with van der Waals surface area (Å²) in [5.74, 6) is 0. The lowest BCUT2D eigenvalue weighted by Crippen LogP contribution is -2.63. The molecule has 0 aliphatic carbocycles. The minimum absolute atomic E-state index is 0.523. The van der Waals surface area contributed by atoms with E-state index in [-0.39, 0.29) is 0 Å². The van der Waals surface area contributed by atoms with Crippen molar-refractivity contribution >= 4 is 18.1 Å². The molecule has 0 fully saturated rings. The predicted molar refractivity (Wildman–Crippen MR) is 47.7 cm³/mol. The van der Waals surface area contributed by atoms with E-state index in [0.29, 0.717) is 4.90 Å². The highest BCUT2D eigenvalue weighted by molar-refractivity contribution is 5.78. The highest BCUT2D eigenvalue weighted by Crippen LogP contribution is 1.91. The second-order valence-electron chi connectivity index (χ2n) is 2.37. The number of urea groups is 3. The van der Waals surface area contributed by atoms with Crippen LogP contribution in [0.5, 0.6) is 0 Å². The van der Waals surface area contributed by atoms with Crippen molar-refractivity contribution in [3.8, 4) is 0 Å². The number of nitrogens with two attached hydrogens (primary N) is 3. The Morgan fingerprint density at radius 1 is 1.13 bits per heavy atom. The second-order valence-corrected chi connectivity index (χ2v) is 2.37. The van der Waals surface area contributed by atoms with Crippen LogP contribution < -0.4 is 27.8 Å². The van der Waals surface area contributed by atoms with Gasteiger partial charge in [-0.1, -0.05) is 0 Å². The van der Waals surface area contributed by atoms with Gasteiger partial charge >= 0.3 is 18.1 Å². The first-order valence-corrected chi connectivity index (χ1v) is 3.67. The Morgan fingerprint density at radius 3 is 1.73 bits per heavy atom. The van der Waals surface area contributed by atoms with Crippen LogP contribution in [0.1, 0.15) is 0 Å². The molecule has 0 aliphatic rings. The van der Waals surface area contributed by atoms with Crippen LogP contribution in [0.3, 0.4) is 0 Å². The minimum atomic E-state index is -1.40. The third kappa shape index (κ3) is 4.52. The van der Waals surface area contributed by atoms with Crippen molar-refractivity contribution in [2.24, 2.45) is 17.2 Å². The van der Waals surface area contributed by atoms with Gasteiger partial charge in [0.15, 0.2) is 6.29 Å². The number of rotatable bonds is 4. The zero-order chi connectivity index (χ0) is 12.0. The Morgan fingerprint density at radius 2 is 1.53 bits per heavy atom. The van der Waals surface area contributed by atoms with E-state index in [0.717, 1.165) is 0 Å². The van der Waals surface area contributed by atoms with Crippen molar-refractivity contribution < 1.29 is 19.5 Å². The van der Waals surface area contributed by atoms with Crippen molar-refractivity contribution in [1.82, 2.24) is 15.5 Å². The van der Waals surface area contributed by atoms with E-state index >= 15 is 0 Å². The van der Waals surface area contributed by atoms with E-state index in [4.69, 9.17) is 22.3 Å². The first-order chi connectivity index (χ1) is 6.88. The Labute approximate surface area is 84.4 Å². The normalized spacial score (nSPS) is 9.47. The van der Waals surface area contributed by atoms with Crippen LogP contribution in [-0.2, 0) is 0 Å². The molecule has 0 aromatic rings. The standard InChI is InChI=1S/C5H12N6O4/c6-2(13)9-5(10-3(7)14)11(1-12)4(8)15/h5,12H,1H2,(H2,8,15)(H3,6,9,13)(H3,7,10,14). The summed E-state index contributed by atoms with van der Waals surface area (Å²) in [5, 5.41) is 12.6. The number of nitrogens with zero attached hydrogens (tertiary/aromatic N) is 1. The van der Waals surface area contributed by atoms with E-state index < -0.39 is 31.1 Å². The number of hydrogen-bond acceptors (Lipinski definition) is 4. The summed E-state index contributed by atoms with van der Waals surface area (Å²) in [6, 6.07) is -3.15. The molecule has 6 amide bonds. The van der Waals surface area contributed by atoms with Gasteiger partial charge in [0.2, 0.25) is 0 Å². The summed E-state index contributed by atoms with van der Waals surface area (Å²) >= 11 is 0. The van der Waals surface area contributed by atoms with Gasteiger partial charge in [0.05, 0.1) is 0 Å². The fourth-order valence-electron chi connectivity index (χ4n) is 0.740. The lowest BCUT2D eigenvalue weighted by molar-refractivity contribution is 0.0797. The van der Waals surface area contributed by atoms with Crippen molar-refractivity contribution in [3.05, 3.63) is 0 Å². The van der Waals surface area contributed by atoms with Crippen LogP contribution in [0.4, 0.5) is 14.4 Å². The maximum Gasteiger partial charge on any atom is 0.319 e. The summed E-state index contributed by atoms with van der Waals surface area (Å²) in [6.45, 7) is -0.833. The van der Waals surface area contributed by atoms with Gasteiger partial charge in [-0.15, -0.1) is 0 Å². The van der Waals surface area contributed by atoms with Crippen LogP contribution in [0.2, 0.25) is 0 Å². The second kappa shape index (κ2) is 5.49. The zero-order valence-electron chi connectivity index (χ0n) is 7.64. The van der Waals surface area contributed by atoms with Gasteiger partial charge in [0.25, 0.3) is 0 Å². The molecule has 15 heavy (non-hydrogen) atoms. The monoisotopic (exact) mass is 220 g/mol. The van der Waals surface area contributed by atoms with E-state index in [1.807, 2.05) is 10.6 Å². The molecule has 0 aromatic heterocycles. The quantitative estimate of drug-likeness (QED) is 0.275. The fourth-order valence-corrected chi connectivity index (χ4v) is 0.740. The topological polar surface area (TPSA) is 177 Å². The van der Waals surface area contributed by atoms with Gasteiger partial charge in [0, 0.05) is 0 Å². The molecule has 0 atom stereocenters. The summed E-state index contributed by atoms with van der Waals surface area (Å²) < 4.78 is 0. The van der Waals surface area contributed by atoms with Crippen LogP contribution >= 0.6 is 0 Å². The van der Waals surface area contributed by atoms with Crippen molar-refractivity contribution in [3.63, 3.8) is 0 Å². The third-order valence-electron chi connectivity index (χ3n) is 1.31. The van der Waals surface area contributed by atoms with Crippen LogP contribution in [0.25, 0.3) is 0 Å². The molecule has 86 valence electrons.